The monoisotopic (exact) mass is 288 g/mol. The second-order valence-corrected chi connectivity index (χ2v) is 6.32. The third kappa shape index (κ3) is 4.57. The van der Waals surface area contributed by atoms with E-state index >= 15 is 0 Å². The SMILES string of the molecule is CCC(=O)N[C@H]1C[C@@H](C)N(CCc2ccccc2)C[C@@H]1C. The number of carbonyl (C=O) groups excluding carboxylic acids is 1. The summed E-state index contributed by atoms with van der Waals surface area (Å²) in [5.74, 6) is 0.698. The number of amides is 1. The molecule has 0 spiro atoms. The zero-order valence-electron chi connectivity index (χ0n) is 13.5. The molecule has 0 aliphatic carbocycles. The molecule has 1 N–H and O–H groups in total. The van der Waals surface area contributed by atoms with Crippen LogP contribution in [0.25, 0.3) is 0 Å². The van der Waals surface area contributed by atoms with Crippen LogP contribution in [-0.4, -0.2) is 36.0 Å². The Hall–Kier alpha value is -1.35. The summed E-state index contributed by atoms with van der Waals surface area (Å²) in [7, 11) is 0. The lowest BCUT2D eigenvalue weighted by atomic mass is 9.89. The van der Waals surface area contributed by atoms with Crippen LogP contribution in [0.4, 0.5) is 0 Å². The van der Waals surface area contributed by atoms with Crippen molar-refractivity contribution >= 4 is 5.91 Å². The molecule has 1 aromatic rings. The van der Waals surface area contributed by atoms with Crippen molar-refractivity contribution in [3.8, 4) is 0 Å². The maximum absolute atomic E-state index is 11.6. The van der Waals surface area contributed by atoms with Crippen molar-refractivity contribution in [3.05, 3.63) is 35.9 Å². The fourth-order valence-electron chi connectivity index (χ4n) is 3.17. The quantitative estimate of drug-likeness (QED) is 0.903. The fourth-order valence-corrected chi connectivity index (χ4v) is 3.17. The highest BCUT2D eigenvalue weighted by Crippen LogP contribution is 2.22. The van der Waals surface area contributed by atoms with E-state index < -0.39 is 0 Å². The van der Waals surface area contributed by atoms with Gasteiger partial charge in [-0.3, -0.25) is 9.69 Å². The highest BCUT2D eigenvalue weighted by Gasteiger charge is 2.31. The van der Waals surface area contributed by atoms with Crippen LogP contribution in [0, 0.1) is 5.92 Å². The van der Waals surface area contributed by atoms with E-state index in [4.69, 9.17) is 0 Å². The van der Waals surface area contributed by atoms with Crippen LogP contribution in [0.5, 0.6) is 0 Å². The number of likely N-dealkylation sites (tertiary alicyclic amines) is 1. The van der Waals surface area contributed by atoms with E-state index in [2.05, 4.69) is 54.4 Å². The first kappa shape index (κ1) is 16.0. The minimum atomic E-state index is 0.178. The van der Waals surface area contributed by atoms with Gasteiger partial charge in [0.25, 0.3) is 0 Å². The molecule has 1 aromatic carbocycles. The zero-order valence-corrected chi connectivity index (χ0v) is 13.5. The number of nitrogens with one attached hydrogen (secondary N) is 1. The van der Waals surface area contributed by atoms with Crippen molar-refractivity contribution in [3.63, 3.8) is 0 Å². The first-order valence-corrected chi connectivity index (χ1v) is 8.17. The van der Waals surface area contributed by atoms with E-state index in [1.54, 1.807) is 0 Å². The molecule has 0 saturated carbocycles. The third-order valence-electron chi connectivity index (χ3n) is 4.63. The second kappa shape index (κ2) is 7.60. The predicted octanol–water partition coefficient (Wildman–Crippen LogP) is 2.85. The normalized spacial score (nSPS) is 26.5. The molecule has 3 heteroatoms. The van der Waals surface area contributed by atoms with Gasteiger partial charge in [-0.2, -0.15) is 0 Å². The number of nitrogens with zero attached hydrogens (tertiary/aromatic N) is 1. The topological polar surface area (TPSA) is 32.3 Å². The Morgan fingerprint density at radius 3 is 2.67 bits per heavy atom. The van der Waals surface area contributed by atoms with E-state index in [-0.39, 0.29) is 5.91 Å². The standard InChI is InChI=1S/C18H28N2O/c1-4-18(21)19-17-12-15(3)20(13-14(17)2)11-10-16-8-6-5-7-9-16/h5-9,14-15,17H,4,10-13H2,1-3H3,(H,19,21)/t14-,15+,17-/m0/s1. The van der Waals surface area contributed by atoms with E-state index in [1.165, 1.54) is 5.56 Å². The Kier molecular flexibility index (Phi) is 5.80. The van der Waals surface area contributed by atoms with Gasteiger partial charge < -0.3 is 5.32 Å². The summed E-state index contributed by atoms with van der Waals surface area (Å²) < 4.78 is 0. The molecule has 116 valence electrons. The highest BCUT2D eigenvalue weighted by molar-refractivity contribution is 5.75. The number of hydrogen-bond donors (Lipinski definition) is 1. The van der Waals surface area contributed by atoms with Crippen molar-refractivity contribution in [2.75, 3.05) is 13.1 Å². The number of hydrogen-bond acceptors (Lipinski definition) is 2. The van der Waals surface area contributed by atoms with Crippen molar-refractivity contribution in [2.45, 2.75) is 52.1 Å². The Bertz CT molecular complexity index is 446. The minimum absolute atomic E-state index is 0.178. The molecule has 1 amide bonds. The first-order valence-electron chi connectivity index (χ1n) is 8.17. The van der Waals surface area contributed by atoms with Crippen molar-refractivity contribution in [1.29, 1.82) is 0 Å². The maximum atomic E-state index is 11.6. The van der Waals surface area contributed by atoms with Gasteiger partial charge in [-0.1, -0.05) is 44.2 Å². The molecule has 1 aliphatic rings. The molecule has 0 unspecified atom stereocenters. The van der Waals surface area contributed by atoms with Gasteiger partial charge >= 0.3 is 0 Å². The molecule has 21 heavy (non-hydrogen) atoms. The molecule has 1 aliphatic heterocycles. The number of rotatable bonds is 5. The average molecular weight is 288 g/mol. The lowest BCUT2D eigenvalue weighted by Crippen LogP contribution is -2.53. The summed E-state index contributed by atoms with van der Waals surface area (Å²) >= 11 is 0. The van der Waals surface area contributed by atoms with Crippen molar-refractivity contribution in [1.82, 2.24) is 10.2 Å². The molecule has 3 atom stereocenters. The van der Waals surface area contributed by atoms with Gasteiger partial charge in [0, 0.05) is 31.6 Å². The molecule has 1 heterocycles. The molecule has 3 nitrogen and oxygen atoms in total. The molecular formula is C18H28N2O. The molecule has 0 aromatic heterocycles. The van der Waals surface area contributed by atoms with Gasteiger partial charge in [-0.25, -0.2) is 0 Å². The number of piperidine rings is 1. The Labute approximate surface area is 128 Å². The summed E-state index contributed by atoms with van der Waals surface area (Å²) in [4.78, 5) is 14.2. The maximum Gasteiger partial charge on any atom is 0.219 e. The summed E-state index contributed by atoms with van der Waals surface area (Å²) in [6, 6.07) is 11.5. The molecule has 1 fully saturated rings. The van der Waals surface area contributed by atoms with Gasteiger partial charge in [-0.05, 0) is 31.2 Å². The third-order valence-corrected chi connectivity index (χ3v) is 4.63. The summed E-state index contributed by atoms with van der Waals surface area (Å²) in [6.07, 6.45) is 2.74. The lowest BCUT2D eigenvalue weighted by molar-refractivity contribution is -0.122. The van der Waals surface area contributed by atoms with Gasteiger partial charge in [0.05, 0.1) is 0 Å². The number of benzene rings is 1. The zero-order chi connectivity index (χ0) is 15.2. The summed E-state index contributed by atoms with van der Waals surface area (Å²) in [5, 5.41) is 3.18. The highest BCUT2D eigenvalue weighted by atomic mass is 16.1. The smallest absolute Gasteiger partial charge is 0.219 e. The lowest BCUT2D eigenvalue weighted by Gasteiger charge is -2.42. The molecule has 1 saturated heterocycles. The van der Waals surface area contributed by atoms with Crippen molar-refractivity contribution in [2.24, 2.45) is 5.92 Å². The predicted molar refractivity (Wildman–Crippen MR) is 87.2 cm³/mol. The van der Waals surface area contributed by atoms with E-state index in [0.29, 0.717) is 24.4 Å². The van der Waals surface area contributed by atoms with Crippen LogP contribution in [0.3, 0.4) is 0 Å². The van der Waals surface area contributed by atoms with Crippen LogP contribution in [0.1, 0.15) is 39.2 Å². The van der Waals surface area contributed by atoms with Crippen LogP contribution < -0.4 is 5.32 Å². The number of carbonyl (C=O) groups is 1. The van der Waals surface area contributed by atoms with Gasteiger partial charge in [0.15, 0.2) is 0 Å². The second-order valence-electron chi connectivity index (χ2n) is 6.32. The molecule has 0 radical (unpaired) electrons. The van der Waals surface area contributed by atoms with E-state index in [0.717, 1.165) is 25.9 Å². The van der Waals surface area contributed by atoms with E-state index in [1.807, 2.05) is 6.92 Å². The molecule has 0 bridgehead atoms. The first-order chi connectivity index (χ1) is 10.1. The van der Waals surface area contributed by atoms with Crippen LogP contribution in [-0.2, 0) is 11.2 Å². The van der Waals surface area contributed by atoms with Gasteiger partial charge in [-0.15, -0.1) is 0 Å². The minimum Gasteiger partial charge on any atom is -0.353 e. The average Bonchev–Trinajstić information content (AvgIpc) is 2.50. The largest absolute Gasteiger partial charge is 0.353 e. The fraction of sp³-hybridized carbons (Fsp3) is 0.611. The molecular weight excluding hydrogens is 260 g/mol. The Morgan fingerprint density at radius 1 is 1.29 bits per heavy atom. The Balaban J connectivity index is 1.85. The van der Waals surface area contributed by atoms with Gasteiger partial charge in [0.2, 0.25) is 5.91 Å². The molecule has 2 rings (SSSR count). The Morgan fingerprint density at radius 2 is 2.00 bits per heavy atom. The van der Waals surface area contributed by atoms with Crippen LogP contribution in [0.2, 0.25) is 0 Å². The summed E-state index contributed by atoms with van der Waals surface area (Å²) in [5.41, 5.74) is 1.40. The van der Waals surface area contributed by atoms with Crippen LogP contribution >= 0.6 is 0 Å². The van der Waals surface area contributed by atoms with E-state index in [9.17, 15) is 4.79 Å². The van der Waals surface area contributed by atoms with Crippen molar-refractivity contribution < 1.29 is 4.79 Å². The summed E-state index contributed by atoms with van der Waals surface area (Å²) in [6.45, 7) is 8.62. The van der Waals surface area contributed by atoms with Gasteiger partial charge in [0.1, 0.15) is 0 Å². The van der Waals surface area contributed by atoms with Crippen LogP contribution in [0.15, 0.2) is 30.3 Å².